The van der Waals surface area contributed by atoms with Gasteiger partial charge in [-0.3, -0.25) is 0 Å². The first-order valence-corrected chi connectivity index (χ1v) is 6.48. The molecule has 0 aliphatic heterocycles. The Morgan fingerprint density at radius 3 is 2.47 bits per heavy atom. The summed E-state index contributed by atoms with van der Waals surface area (Å²) < 4.78 is 5.46. The predicted molar refractivity (Wildman–Crippen MR) is 73.5 cm³/mol. The van der Waals surface area contributed by atoms with Crippen molar-refractivity contribution < 1.29 is 4.74 Å². The van der Waals surface area contributed by atoms with Crippen molar-refractivity contribution >= 4 is 0 Å². The number of ether oxygens (including phenoxy) is 1. The van der Waals surface area contributed by atoms with Crippen molar-refractivity contribution in [2.45, 2.75) is 46.1 Å². The van der Waals surface area contributed by atoms with E-state index in [1.165, 1.54) is 11.1 Å². The van der Waals surface area contributed by atoms with E-state index >= 15 is 0 Å². The van der Waals surface area contributed by atoms with Crippen LogP contribution in [0.4, 0.5) is 0 Å². The molecule has 2 heteroatoms. The molecule has 0 aliphatic carbocycles. The van der Waals surface area contributed by atoms with Crippen molar-refractivity contribution in [1.82, 2.24) is 0 Å². The van der Waals surface area contributed by atoms with E-state index in [0.717, 1.165) is 25.0 Å². The average molecular weight is 235 g/mol. The maximum Gasteiger partial charge on any atom is 0.122 e. The van der Waals surface area contributed by atoms with Crippen LogP contribution in [0, 0.1) is 5.92 Å². The first-order chi connectivity index (χ1) is 8.06. The van der Waals surface area contributed by atoms with Crippen LogP contribution in [0.1, 0.15) is 38.3 Å². The molecule has 0 radical (unpaired) electrons. The number of nitrogens with two attached hydrogens (primary N) is 1. The fraction of sp³-hybridized carbons (Fsp3) is 0.600. The number of rotatable bonds is 6. The van der Waals surface area contributed by atoms with Gasteiger partial charge in [0.25, 0.3) is 0 Å². The molecule has 1 atom stereocenters. The third-order valence-electron chi connectivity index (χ3n) is 3.00. The molecule has 0 amide bonds. The Balaban J connectivity index is 2.84. The SMILES string of the molecule is CCC(N)Cc1ccc(CC(C)C)c(OC)c1. The van der Waals surface area contributed by atoms with E-state index in [-0.39, 0.29) is 6.04 Å². The third-order valence-corrected chi connectivity index (χ3v) is 3.00. The molecule has 17 heavy (non-hydrogen) atoms. The van der Waals surface area contributed by atoms with Crippen molar-refractivity contribution in [2.75, 3.05) is 7.11 Å². The Morgan fingerprint density at radius 2 is 1.94 bits per heavy atom. The Kier molecular flexibility index (Phi) is 5.49. The summed E-state index contributed by atoms with van der Waals surface area (Å²) in [5.74, 6) is 1.65. The predicted octanol–water partition coefficient (Wildman–Crippen LogP) is 3.17. The smallest absolute Gasteiger partial charge is 0.122 e. The van der Waals surface area contributed by atoms with Gasteiger partial charge in [-0.2, -0.15) is 0 Å². The molecule has 0 aromatic heterocycles. The van der Waals surface area contributed by atoms with Crippen LogP contribution in [-0.4, -0.2) is 13.2 Å². The second kappa shape index (κ2) is 6.65. The summed E-state index contributed by atoms with van der Waals surface area (Å²) in [6, 6.07) is 6.73. The van der Waals surface area contributed by atoms with Crippen molar-refractivity contribution in [2.24, 2.45) is 11.7 Å². The van der Waals surface area contributed by atoms with Crippen molar-refractivity contribution in [3.05, 3.63) is 29.3 Å². The van der Waals surface area contributed by atoms with Crippen LogP contribution in [-0.2, 0) is 12.8 Å². The molecule has 0 bridgehead atoms. The summed E-state index contributed by atoms with van der Waals surface area (Å²) >= 11 is 0. The number of hydrogen-bond acceptors (Lipinski definition) is 2. The molecular weight excluding hydrogens is 210 g/mol. The summed E-state index contributed by atoms with van der Waals surface area (Å²) in [5, 5.41) is 0. The van der Waals surface area contributed by atoms with Gasteiger partial charge in [-0.25, -0.2) is 0 Å². The number of methoxy groups -OCH3 is 1. The van der Waals surface area contributed by atoms with Crippen LogP contribution in [0.3, 0.4) is 0 Å². The highest BCUT2D eigenvalue weighted by Gasteiger charge is 2.08. The van der Waals surface area contributed by atoms with E-state index in [0.29, 0.717) is 5.92 Å². The van der Waals surface area contributed by atoms with Gasteiger partial charge in [0.05, 0.1) is 7.11 Å². The lowest BCUT2D eigenvalue weighted by Crippen LogP contribution is -2.21. The van der Waals surface area contributed by atoms with E-state index in [1.807, 2.05) is 0 Å². The van der Waals surface area contributed by atoms with E-state index in [9.17, 15) is 0 Å². The minimum Gasteiger partial charge on any atom is -0.496 e. The molecule has 0 fully saturated rings. The first kappa shape index (κ1) is 14.0. The van der Waals surface area contributed by atoms with E-state index < -0.39 is 0 Å². The first-order valence-electron chi connectivity index (χ1n) is 6.48. The van der Waals surface area contributed by atoms with E-state index in [2.05, 4.69) is 39.0 Å². The van der Waals surface area contributed by atoms with Crippen LogP contribution in [0.2, 0.25) is 0 Å². The van der Waals surface area contributed by atoms with Gasteiger partial charge in [-0.05, 0) is 42.4 Å². The molecule has 1 unspecified atom stereocenters. The largest absolute Gasteiger partial charge is 0.496 e. The topological polar surface area (TPSA) is 35.2 Å². The molecule has 1 aromatic rings. The van der Waals surface area contributed by atoms with Crippen molar-refractivity contribution in [3.8, 4) is 5.75 Å². The van der Waals surface area contributed by atoms with Gasteiger partial charge in [0.15, 0.2) is 0 Å². The molecule has 2 N–H and O–H groups in total. The molecule has 0 saturated heterocycles. The molecular formula is C15H25NO. The highest BCUT2D eigenvalue weighted by molar-refractivity contribution is 5.38. The van der Waals surface area contributed by atoms with E-state index in [4.69, 9.17) is 10.5 Å². The van der Waals surface area contributed by atoms with Crippen LogP contribution in [0.15, 0.2) is 18.2 Å². The summed E-state index contributed by atoms with van der Waals surface area (Å²) in [4.78, 5) is 0. The zero-order valence-corrected chi connectivity index (χ0v) is 11.5. The summed E-state index contributed by atoms with van der Waals surface area (Å²) in [7, 11) is 1.74. The standard InChI is InChI=1S/C15H25NO/c1-5-14(16)9-12-6-7-13(8-11(2)3)15(10-12)17-4/h6-7,10-11,14H,5,8-9,16H2,1-4H3. The lowest BCUT2D eigenvalue weighted by molar-refractivity contribution is 0.406. The van der Waals surface area contributed by atoms with Crippen LogP contribution in [0.25, 0.3) is 0 Å². The third kappa shape index (κ3) is 4.39. The van der Waals surface area contributed by atoms with Gasteiger partial charge in [-0.1, -0.05) is 32.9 Å². The molecule has 0 spiro atoms. The number of benzene rings is 1. The highest BCUT2D eigenvalue weighted by Crippen LogP contribution is 2.23. The van der Waals surface area contributed by atoms with Crippen LogP contribution in [0.5, 0.6) is 5.75 Å². The quantitative estimate of drug-likeness (QED) is 0.822. The molecule has 96 valence electrons. The molecule has 0 aliphatic rings. The van der Waals surface area contributed by atoms with Gasteiger partial charge < -0.3 is 10.5 Å². The monoisotopic (exact) mass is 235 g/mol. The van der Waals surface area contributed by atoms with Crippen LogP contribution < -0.4 is 10.5 Å². The summed E-state index contributed by atoms with van der Waals surface area (Å²) in [6.07, 6.45) is 2.99. The second-order valence-electron chi connectivity index (χ2n) is 5.12. The molecule has 2 nitrogen and oxygen atoms in total. The van der Waals surface area contributed by atoms with Gasteiger partial charge in [-0.15, -0.1) is 0 Å². The Bertz CT molecular complexity index is 347. The zero-order chi connectivity index (χ0) is 12.8. The molecule has 0 heterocycles. The molecule has 1 aromatic carbocycles. The highest BCUT2D eigenvalue weighted by atomic mass is 16.5. The minimum atomic E-state index is 0.246. The fourth-order valence-electron chi connectivity index (χ4n) is 1.97. The van der Waals surface area contributed by atoms with E-state index in [1.54, 1.807) is 7.11 Å². The lowest BCUT2D eigenvalue weighted by Gasteiger charge is -2.14. The normalized spacial score (nSPS) is 12.8. The summed E-state index contributed by atoms with van der Waals surface area (Å²) in [6.45, 7) is 6.57. The summed E-state index contributed by atoms with van der Waals surface area (Å²) in [5.41, 5.74) is 8.53. The van der Waals surface area contributed by atoms with Gasteiger partial charge in [0, 0.05) is 6.04 Å². The Labute approximate surface area is 105 Å². The van der Waals surface area contributed by atoms with Crippen LogP contribution >= 0.6 is 0 Å². The molecule has 0 saturated carbocycles. The zero-order valence-electron chi connectivity index (χ0n) is 11.5. The van der Waals surface area contributed by atoms with Crippen molar-refractivity contribution in [3.63, 3.8) is 0 Å². The lowest BCUT2D eigenvalue weighted by atomic mass is 9.98. The maximum atomic E-state index is 5.97. The van der Waals surface area contributed by atoms with Gasteiger partial charge >= 0.3 is 0 Å². The second-order valence-corrected chi connectivity index (χ2v) is 5.12. The fourth-order valence-corrected chi connectivity index (χ4v) is 1.97. The van der Waals surface area contributed by atoms with Crippen molar-refractivity contribution in [1.29, 1.82) is 0 Å². The Morgan fingerprint density at radius 1 is 1.24 bits per heavy atom. The Hall–Kier alpha value is -1.02. The molecule has 1 rings (SSSR count). The number of hydrogen-bond donors (Lipinski definition) is 1. The maximum absolute atomic E-state index is 5.97. The minimum absolute atomic E-state index is 0.246. The van der Waals surface area contributed by atoms with Gasteiger partial charge in [0.2, 0.25) is 0 Å². The van der Waals surface area contributed by atoms with Gasteiger partial charge in [0.1, 0.15) is 5.75 Å². The average Bonchev–Trinajstić information content (AvgIpc) is 2.30.